The smallest absolute Gasteiger partial charge is 0.251 e. The molecule has 1 heterocycles. The van der Waals surface area contributed by atoms with Gasteiger partial charge in [0, 0.05) is 18.2 Å². The Hall–Kier alpha value is -2.73. The maximum Gasteiger partial charge on any atom is 0.251 e. The summed E-state index contributed by atoms with van der Waals surface area (Å²) in [7, 11) is 4.81. The topological polar surface area (TPSA) is 60.0 Å². The van der Waals surface area contributed by atoms with Gasteiger partial charge in [0.15, 0.2) is 0 Å². The van der Waals surface area contributed by atoms with Crippen LogP contribution in [0, 0.1) is 0 Å². The zero-order valence-electron chi connectivity index (χ0n) is 16.7. The van der Waals surface area contributed by atoms with Crippen molar-refractivity contribution in [1.29, 1.82) is 0 Å². The molecule has 0 saturated carbocycles. The Labute approximate surface area is 166 Å². The Kier molecular flexibility index (Phi) is 6.76. The third-order valence-corrected chi connectivity index (χ3v) is 5.15. The first-order chi connectivity index (χ1) is 13.6. The molecule has 1 aliphatic heterocycles. The van der Waals surface area contributed by atoms with Crippen LogP contribution in [0.2, 0.25) is 0 Å². The average Bonchev–Trinajstić information content (AvgIpc) is 3.28. The van der Waals surface area contributed by atoms with E-state index in [9.17, 15) is 4.79 Å². The van der Waals surface area contributed by atoms with Gasteiger partial charge in [-0.15, -0.1) is 0 Å². The van der Waals surface area contributed by atoms with Crippen LogP contribution in [0.25, 0.3) is 0 Å². The van der Waals surface area contributed by atoms with Gasteiger partial charge in [-0.3, -0.25) is 9.69 Å². The summed E-state index contributed by atoms with van der Waals surface area (Å²) in [5, 5.41) is 3.08. The summed E-state index contributed by atoms with van der Waals surface area (Å²) in [5.41, 5.74) is 1.69. The highest BCUT2D eigenvalue weighted by Gasteiger charge is 2.24. The highest BCUT2D eigenvalue weighted by molar-refractivity contribution is 5.95. The van der Waals surface area contributed by atoms with Crippen LogP contribution in [0.5, 0.6) is 17.2 Å². The van der Waals surface area contributed by atoms with E-state index in [4.69, 9.17) is 14.2 Å². The van der Waals surface area contributed by atoms with Gasteiger partial charge in [-0.05, 0) is 55.8 Å². The van der Waals surface area contributed by atoms with E-state index in [1.807, 2.05) is 12.1 Å². The van der Waals surface area contributed by atoms with Crippen molar-refractivity contribution >= 4 is 5.91 Å². The van der Waals surface area contributed by atoms with E-state index in [0.29, 0.717) is 23.6 Å². The first-order valence-corrected chi connectivity index (χ1v) is 9.54. The van der Waals surface area contributed by atoms with Gasteiger partial charge in [0.1, 0.15) is 17.2 Å². The van der Waals surface area contributed by atoms with Gasteiger partial charge in [0.05, 0.1) is 27.4 Å². The molecule has 1 N–H and O–H groups in total. The average molecular weight is 384 g/mol. The fourth-order valence-corrected chi connectivity index (χ4v) is 3.57. The maximum absolute atomic E-state index is 12.8. The van der Waals surface area contributed by atoms with E-state index in [1.165, 1.54) is 18.4 Å². The van der Waals surface area contributed by atoms with Crippen LogP contribution in [0.3, 0.4) is 0 Å². The summed E-state index contributed by atoms with van der Waals surface area (Å²) in [6.45, 7) is 2.61. The van der Waals surface area contributed by atoms with E-state index < -0.39 is 0 Å². The van der Waals surface area contributed by atoms with Gasteiger partial charge in [0.25, 0.3) is 5.91 Å². The molecule has 1 saturated heterocycles. The van der Waals surface area contributed by atoms with Crippen LogP contribution in [0.1, 0.15) is 34.8 Å². The number of benzene rings is 2. The molecule has 3 rings (SSSR count). The number of ether oxygens (including phenoxy) is 3. The number of nitrogens with one attached hydrogen (secondary N) is 1. The Balaban J connectivity index is 1.74. The Morgan fingerprint density at radius 2 is 1.50 bits per heavy atom. The van der Waals surface area contributed by atoms with Crippen LogP contribution in [0.15, 0.2) is 42.5 Å². The molecule has 1 unspecified atom stereocenters. The third-order valence-electron chi connectivity index (χ3n) is 5.15. The number of rotatable bonds is 8. The minimum absolute atomic E-state index is 0.129. The molecule has 28 heavy (non-hydrogen) atoms. The molecule has 6 nitrogen and oxygen atoms in total. The molecular formula is C22H28N2O4. The number of hydrogen-bond acceptors (Lipinski definition) is 5. The van der Waals surface area contributed by atoms with Gasteiger partial charge in [-0.25, -0.2) is 0 Å². The molecule has 0 aliphatic carbocycles. The largest absolute Gasteiger partial charge is 0.497 e. The highest BCUT2D eigenvalue weighted by Crippen LogP contribution is 2.27. The lowest BCUT2D eigenvalue weighted by atomic mass is 10.0. The van der Waals surface area contributed by atoms with Crippen molar-refractivity contribution in [2.75, 3.05) is 41.0 Å². The molecule has 1 aliphatic rings. The van der Waals surface area contributed by atoms with Crippen molar-refractivity contribution in [3.05, 3.63) is 53.6 Å². The van der Waals surface area contributed by atoms with Crippen LogP contribution in [-0.4, -0.2) is 51.8 Å². The van der Waals surface area contributed by atoms with Crippen molar-refractivity contribution in [1.82, 2.24) is 10.2 Å². The summed E-state index contributed by atoms with van der Waals surface area (Å²) in [6, 6.07) is 13.4. The molecule has 0 bridgehead atoms. The second-order valence-electron chi connectivity index (χ2n) is 6.84. The van der Waals surface area contributed by atoms with E-state index in [1.54, 1.807) is 39.5 Å². The van der Waals surface area contributed by atoms with E-state index in [0.717, 1.165) is 18.8 Å². The third kappa shape index (κ3) is 4.75. The van der Waals surface area contributed by atoms with Gasteiger partial charge >= 0.3 is 0 Å². The van der Waals surface area contributed by atoms with Crippen LogP contribution >= 0.6 is 0 Å². The van der Waals surface area contributed by atoms with Gasteiger partial charge in [-0.2, -0.15) is 0 Å². The summed E-state index contributed by atoms with van der Waals surface area (Å²) in [5.74, 6) is 1.87. The quantitative estimate of drug-likeness (QED) is 0.757. The minimum atomic E-state index is -0.144. The molecular weight excluding hydrogens is 356 g/mol. The minimum Gasteiger partial charge on any atom is -0.497 e. The number of methoxy groups -OCH3 is 3. The standard InChI is InChI=1S/C22H28N2O4/c1-26-18-8-6-16(7-9-18)21(24-10-4-5-11-24)15-23-22(25)17-12-19(27-2)14-20(13-17)28-3/h6-9,12-14,21H,4-5,10-11,15H2,1-3H3,(H,23,25). The number of likely N-dealkylation sites (tertiary alicyclic amines) is 1. The predicted molar refractivity (Wildman–Crippen MR) is 108 cm³/mol. The lowest BCUT2D eigenvalue weighted by Gasteiger charge is -2.28. The zero-order valence-corrected chi connectivity index (χ0v) is 16.7. The predicted octanol–water partition coefficient (Wildman–Crippen LogP) is 3.28. The SMILES string of the molecule is COc1ccc(C(CNC(=O)c2cc(OC)cc(OC)c2)N2CCCC2)cc1. The number of hydrogen-bond donors (Lipinski definition) is 1. The van der Waals surface area contributed by atoms with Crippen molar-refractivity contribution in [3.63, 3.8) is 0 Å². The highest BCUT2D eigenvalue weighted by atomic mass is 16.5. The molecule has 0 radical (unpaired) electrons. The van der Waals surface area contributed by atoms with Crippen molar-refractivity contribution in [2.45, 2.75) is 18.9 Å². The Morgan fingerprint density at radius 1 is 0.929 bits per heavy atom. The molecule has 6 heteroatoms. The lowest BCUT2D eigenvalue weighted by molar-refractivity contribution is 0.0937. The van der Waals surface area contributed by atoms with Crippen LogP contribution < -0.4 is 19.5 Å². The van der Waals surface area contributed by atoms with E-state index >= 15 is 0 Å². The van der Waals surface area contributed by atoms with Crippen molar-refractivity contribution in [2.24, 2.45) is 0 Å². The first-order valence-electron chi connectivity index (χ1n) is 9.54. The number of carbonyl (C=O) groups is 1. The second-order valence-corrected chi connectivity index (χ2v) is 6.84. The molecule has 0 spiro atoms. The number of amides is 1. The summed E-state index contributed by atoms with van der Waals surface area (Å²) in [4.78, 5) is 15.2. The second kappa shape index (κ2) is 9.46. The van der Waals surface area contributed by atoms with Crippen molar-refractivity contribution in [3.8, 4) is 17.2 Å². The molecule has 2 aromatic carbocycles. The normalized spacial score (nSPS) is 15.1. The summed E-state index contributed by atoms with van der Waals surface area (Å²) < 4.78 is 15.8. The lowest BCUT2D eigenvalue weighted by Crippen LogP contribution is -2.36. The maximum atomic E-state index is 12.8. The summed E-state index contributed by atoms with van der Waals surface area (Å²) in [6.07, 6.45) is 2.38. The first kappa shape index (κ1) is 20.0. The molecule has 2 aromatic rings. The van der Waals surface area contributed by atoms with Crippen molar-refractivity contribution < 1.29 is 19.0 Å². The van der Waals surface area contributed by atoms with E-state index in [2.05, 4.69) is 22.3 Å². The summed E-state index contributed by atoms with van der Waals surface area (Å²) >= 11 is 0. The Morgan fingerprint density at radius 3 is 2.04 bits per heavy atom. The Bertz CT molecular complexity index is 763. The molecule has 1 fully saturated rings. The molecule has 1 amide bonds. The molecule has 0 aromatic heterocycles. The van der Waals surface area contributed by atoms with Crippen LogP contribution in [0.4, 0.5) is 0 Å². The number of carbonyl (C=O) groups excluding carboxylic acids is 1. The molecule has 1 atom stereocenters. The fraction of sp³-hybridized carbons (Fsp3) is 0.409. The van der Waals surface area contributed by atoms with Gasteiger partial charge in [-0.1, -0.05) is 12.1 Å². The van der Waals surface area contributed by atoms with Gasteiger partial charge in [0.2, 0.25) is 0 Å². The monoisotopic (exact) mass is 384 g/mol. The van der Waals surface area contributed by atoms with Gasteiger partial charge < -0.3 is 19.5 Å². The van der Waals surface area contributed by atoms with Crippen LogP contribution in [-0.2, 0) is 0 Å². The fourth-order valence-electron chi connectivity index (χ4n) is 3.57. The zero-order chi connectivity index (χ0) is 19.9. The number of nitrogens with zero attached hydrogens (tertiary/aromatic N) is 1. The van der Waals surface area contributed by atoms with E-state index in [-0.39, 0.29) is 11.9 Å². The molecule has 150 valence electrons.